The monoisotopic (exact) mass is 453 g/mol. The van der Waals surface area contributed by atoms with E-state index in [2.05, 4.69) is 47.6 Å². The molecular formula is C25H32ClN5O. The van der Waals surface area contributed by atoms with Gasteiger partial charge in [-0.1, -0.05) is 37.6 Å². The Hall–Kier alpha value is -2.73. The second kappa shape index (κ2) is 9.82. The van der Waals surface area contributed by atoms with E-state index in [9.17, 15) is 4.79 Å². The van der Waals surface area contributed by atoms with E-state index in [4.69, 9.17) is 17.0 Å². The first-order valence-electron chi connectivity index (χ1n) is 11.5. The molecule has 0 aromatic heterocycles. The highest BCUT2D eigenvalue weighted by atomic mass is 35.5. The molecule has 1 aliphatic heterocycles. The van der Waals surface area contributed by atoms with Crippen LogP contribution < -0.4 is 10.6 Å². The van der Waals surface area contributed by atoms with Crippen molar-refractivity contribution in [1.29, 1.82) is 5.41 Å². The summed E-state index contributed by atoms with van der Waals surface area (Å²) in [5.41, 5.74) is 4.53. The number of fused-ring (bicyclic) bond motifs is 1. The molecular weight excluding hydrogens is 422 g/mol. The van der Waals surface area contributed by atoms with Crippen LogP contribution in [0.2, 0.25) is 5.02 Å². The average Bonchev–Trinajstić information content (AvgIpc) is 2.80. The Bertz CT molecular complexity index is 975. The summed E-state index contributed by atoms with van der Waals surface area (Å²) in [6.07, 6.45) is 4.63. The van der Waals surface area contributed by atoms with Crippen molar-refractivity contribution in [3.05, 3.63) is 58.6 Å². The van der Waals surface area contributed by atoms with Crippen LogP contribution in [0.25, 0.3) is 0 Å². The number of carbonyl (C=O) groups excluding carboxylic acids is 1. The zero-order valence-corrected chi connectivity index (χ0v) is 19.6. The van der Waals surface area contributed by atoms with Crippen LogP contribution in [0.1, 0.15) is 37.8 Å². The predicted octanol–water partition coefficient (Wildman–Crippen LogP) is 5.44. The highest BCUT2D eigenvalue weighted by Gasteiger charge is 2.33. The van der Waals surface area contributed by atoms with Gasteiger partial charge < -0.3 is 20.4 Å². The molecule has 170 valence electrons. The summed E-state index contributed by atoms with van der Waals surface area (Å²) in [6, 6.07) is 13.5. The van der Waals surface area contributed by atoms with Crippen LogP contribution in [-0.2, 0) is 12.8 Å². The van der Waals surface area contributed by atoms with Crippen molar-refractivity contribution in [2.45, 2.75) is 45.6 Å². The molecule has 2 aromatic carbocycles. The molecule has 3 N–H and O–H groups in total. The number of hydrogen-bond donors (Lipinski definition) is 3. The van der Waals surface area contributed by atoms with Crippen molar-refractivity contribution in [1.82, 2.24) is 9.80 Å². The average molecular weight is 454 g/mol. The lowest BCUT2D eigenvalue weighted by Crippen LogP contribution is -2.60. The summed E-state index contributed by atoms with van der Waals surface area (Å²) in [7, 11) is 0. The minimum atomic E-state index is -0.116. The first-order valence-corrected chi connectivity index (χ1v) is 11.8. The molecule has 1 saturated heterocycles. The third kappa shape index (κ3) is 5.01. The van der Waals surface area contributed by atoms with E-state index in [1.165, 1.54) is 24.0 Å². The number of guanidine groups is 1. The lowest BCUT2D eigenvalue weighted by atomic mass is 9.90. The second-order valence-electron chi connectivity index (χ2n) is 9.01. The van der Waals surface area contributed by atoms with Crippen LogP contribution in [0.15, 0.2) is 42.5 Å². The van der Waals surface area contributed by atoms with Crippen molar-refractivity contribution >= 4 is 35.0 Å². The third-order valence-corrected chi connectivity index (χ3v) is 6.76. The fourth-order valence-electron chi connectivity index (χ4n) is 4.68. The molecule has 0 radical (unpaired) electrons. The summed E-state index contributed by atoms with van der Waals surface area (Å²) >= 11 is 5.94. The Balaban J connectivity index is 1.42. The Morgan fingerprint density at radius 3 is 2.56 bits per heavy atom. The molecule has 0 bridgehead atoms. The molecule has 6 nitrogen and oxygen atoms in total. The van der Waals surface area contributed by atoms with Gasteiger partial charge in [-0.2, -0.15) is 0 Å². The molecule has 1 atom stereocenters. The number of piperazine rings is 1. The van der Waals surface area contributed by atoms with Crippen molar-refractivity contribution in [2.75, 3.05) is 30.3 Å². The minimum Gasteiger partial charge on any atom is -0.336 e. The van der Waals surface area contributed by atoms with E-state index in [-0.39, 0.29) is 12.1 Å². The Kier molecular flexibility index (Phi) is 6.89. The number of benzene rings is 2. The smallest absolute Gasteiger partial charge is 0.321 e. The molecule has 2 aliphatic rings. The zero-order valence-electron chi connectivity index (χ0n) is 18.8. The van der Waals surface area contributed by atoms with Crippen LogP contribution >= 0.6 is 11.6 Å². The fourth-order valence-corrected chi connectivity index (χ4v) is 4.80. The SMILES string of the molecule is CC(C)C1CN(C(=O)Nc2ccc(Cl)cc2)CCN1C(=N)Nc1cccc2c1CCCC2. The summed E-state index contributed by atoms with van der Waals surface area (Å²) in [6.45, 7) is 6.07. The number of nitrogens with one attached hydrogen (secondary N) is 3. The zero-order chi connectivity index (χ0) is 22.7. The van der Waals surface area contributed by atoms with Gasteiger partial charge in [-0.3, -0.25) is 5.41 Å². The molecule has 1 fully saturated rings. The molecule has 0 spiro atoms. The standard InChI is InChI=1S/C25H32ClN5O/c1-17(2)23-16-30(25(32)28-20-12-10-19(26)11-13-20)14-15-31(23)24(27)29-22-9-5-7-18-6-3-4-8-21(18)22/h5,7,9-13,17,23H,3-4,6,8,14-16H2,1-2H3,(H2,27,29)(H,28,32). The summed E-state index contributed by atoms with van der Waals surface area (Å²) in [4.78, 5) is 16.8. The lowest BCUT2D eigenvalue weighted by molar-refractivity contribution is 0.119. The third-order valence-electron chi connectivity index (χ3n) is 6.51. The van der Waals surface area contributed by atoms with Gasteiger partial charge >= 0.3 is 6.03 Å². The number of nitrogens with zero attached hydrogens (tertiary/aromatic N) is 2. The van der Waals surface area contributed by atoms with E-state index < -0.39 is 0 Å². The Labute approximate surface area is 195 Å². The highest BCUT2D eigenvalue weighted by molar-refractivity contribution is 6.30. The van der Waals surface area contributed by atoms with E-state index in [0.717, 1.165) is 24.2 Å². The lowest BCUT2D eigenvalue weighted by Gasteiger charge is -2.44. The maximum absolute atomic E-state index is 12.8. The maximum atomic E-state index is 12.8. The van der Waals surface area contributed by atoms with Crippen molar-refractivity contribution in [3.63, 3.8) is 0 Å². The maximum Gasteiger partial charge on any atom is 0.321 e. The minimum absolute atomic E-state index is 0.0688. The Morgan fingerprint density at radius 2 is 1.81 bits per heavy atom. The van der Waals surface area contributed by atoms with Gasteiger partial charge in [0.25, 0.3) is 0 Å². The van der Waals surface area contributed by atoms with Gasteiger partial charge in [0.15, 0.2) is 5.96 Å². The molecule has 1 heterocycles. The highest BCUT2D eigenvalue weighted by Crippen LogP contribution is 2.28. The summed E-state index contributed by atoms with van der Waals surface area (Å²) in [5.74, 6) is 0.716. The second-order valence-corrected chi connectivity index (χ2v) is 9.45. The van der Waals surface area contributed by atoms with Gasteiger partial charge in [0.1, 0.15) is 0 Å². The Morgan fingerprint density at radius 1 is 1.06 bits per heavy atom. The molecule has 0 saturated carbocycles. The van der Waals surface area contributed by atoms with Crippen LogP contribution in [0, 0.1) is 11.3 Å². The summed E-state index contributed by atoms with van der Waals surface area (Å²) < 4.78 is 0. The normalized spacial score (nSPS) is 18.3. The van der Waals surface area contributed by atoms with Crippen LogP contribution in [0.4, 0.5) is 16.2 Å². The van der Waals surface area contributed by atoms with Crippen LogP contribution in [-0.4, -0.2) is 47.5 Å². The van der Waals surface area contributed by atoms with Gasteiger partial charge in [0.05, 0.1) is 6.04 Å². The van der Waals surface area contributed by atoms with Crippen molar-refractivity contribution < 1.29 is 4.79 Å². The summed E-state index contributed by atoms with van der Waals surface area (Å²) in [5, 5.41) is 15.8. The molecule has 4 rings (SSSR count). The van der Waals surface area contributed by atoms with E-state index in [1.807, 2.05) is 4.90 Å². The van der Waals surface area contributed by atoms with Gasteiger partial charge in [0, 0.05) is 36.0 Å². The van der Waals surface area contributed by atoms with Crippen molar-refractivity contribution in [3.8, 4) is 0 Å². The molecule has 2 amide bonds. The van der Waals surface area contributed by atoms with E-state index >= 15 is 0 Å². The number of anilines is 2. The van der Waals surface area contributed by atoms with Crippen molar-refractivity contribution in [2.24, 2.45) is 5.92 Å². The number of rotatable bonds is 3. The molecule has 32 heavy (non-hydrogen) atoms. The van der Waals surface area contributed by atoms with E-state index in [0.29, 0.717) is 36.5 Å². The number of amides is 2. The van der Waals surface area contributed by atoms with E-state index in [1.54, 1.807) is 24.3 Å². The first kappa shape index (κ1) is 22.5. The first-order chi connectivity index (χ1) is 15.4. The molecule has 1 aliphatic carbocycles. The molecule has 7 heteroatoms. The van der Waals surface area contributed by atoms with Gasteiger partial charge in [0.2, 0.25) is 0 Å². The predicted molar refractivity (Wildman–Crippen MR) is 132 cm³/mol. The van der Waals surface area contributed by atoms with Crippen LogP contribution in [0.3, 0.4) is 0 Å². The topological polar surface area (TPSA) is 71.5 Å². The number of aryl methyl sites for hydroxylation is 1. The number of halogens is 1. The van der Waals surface area contributed by atoms with Gasteiger partial charge in [-0.25, -0.2) is 4.79 Å². The van der Waals surface area contributed by atoms with Gasteiger partial charge in [-0.15, -0.1) is 0 Å². The number of hydrogen-bond acceptors (Lipinski definition) is 2. The number of carbonyl (C=O) groups is 1. The molecule has 2 aromatic rings. The van der Waals surface area contributed by atoms with Gasteiger partial charge in [-0.05, 0) is 73.1 Å². The van der Waals surface area contributed by atoms with Crippen LogP contribution in [0.5, 0.6) is 0 Å². The number of urea groups is 1. The quantitative estimate of drug-likeness (QED) is 0.428. The molecule has 1 unspecified atom stereocenters. The fraction of sp³-hybridized carbons (Fsp3) is 0.440. The largest absolute Gasteiger partial charge is 0.336 e.